The van der Waals surface area contributed by atoms with Crippen LogP contribution in [0.5, 0.6) is 0 Å². The highest BCUT2D eigenvalue weighted by atomic mass is 79.9. The molecule has 0 aliphatic carbocycles. The van der Waals surface area contributed by atoms with Crippen molar-refractivity contribution >= 4 is 46.8 Å². The minimum atomic E-state index is -3.90. The van der Waals surface area contributed by atoms with Crippen LogP contribution in [0.1, 0.15) is 5.56 Å². The summed E-state index contributed by atoms with van der Waals surface area (Å²) in [5.74, 6) is 0. The van der Waals surface area contributed by atoms with Crippen molar-refractivity contribution in [3.05, 3.63) is 23.8 Å². The molecule has 1 aromatic carbocycles. The van der Waals surface area contributed by atoms with Gasteiger partial charge in [0.05, 0.1) is 0 Å². The Balaban J connectivity index is 2.66. The molecule has 0 atom stereocenters. The van der Waals surface area contributed by atoms with Crippen molar-refractivity contribution in [1.29, 1.82) is 0 Å². The van der Waals surface area contributed by atoms with Gasteiger partial charge in [-0.15, -0.1) is 0 Å². The van der Waals surface area contributed by atoms with E-state index in [0.29, 0.717) is 16.4 Å². The van der Waals surface area contributed by atoms with Crippen molar-refractivity contribution in [2.45, 2.75) is 10.6 Å². The first-order valence-corrected chi connectivity index (χ1v) is 7.34. The van der Waals surface area contributed by atoms with Gasteiger partial charge in [0, 0.05) is 16.0 Å². The van der Waals surface area contributed by atoms with Crippen LogP contribution in [0.2, 0.25) is 0 Å². The standard InChI is InChI=1S/C8H5BrClNO3S/c9-4-5-1-2-7-6(3-5)11-8(14-7)15(10,12)13/h1-3H,4H2. The molecule has 0 aliphatic rings. The molecule has 0 bridgehead atoms. The molecule has 7 heteroatoms. The van der Waals surface area contributed by atoms with Crippen LogP contribution < -0.4 is 0 Å². The van der Waals surface area contributed by atoms with E-state index in [9.17, 15) is 8.42 Å². The van der Waals surface area contributed by atoms with Gasteiger partial charge in [-0.1, -0.05) is 22.0 Å². The van der Waals surface area contributed by atoms with E-state index in [1.54, 1.807) is 12.1 Å². The number of aromatic nitrogens is 1. The number of halogens is 2. The lowest BCUT2D eigenvalue weighted by Crippen LogP contribution is -1.88. The molecule has 2 rings (SSSR count). The summed E-state index contributed by atoms with van der Waals surface area (Å²) in [4.78, 5) is 3.79. The molecule has 0 fully saturated rings. The Morgan fingerprint density at radius 3 is 2.80 bits per heavy atom. The number of rotatable bonds is 2. The Labute approximate surface area is 98.8 Å². The second-order valence-corrected chi connectivity index (χ2v) is 5.86. The largest absolute Gasteiger partial charge is 0.427 e. The molecule has 15 heavy (non-hydrogen) atoms. The van der Waals surface area contributed by atoms with Crippen LogP contribution in [0.15, 0.2) is 27.8 Å². The zero-order chi connectivity index (χ0) is 11.1. The lowest BCUT2D eigenvalue weighted by Gasteiger charge is -1.91. The van der Waals surface area contributed by atoms with Gasteiger partial charge in [-0.05, 0) is 17.7 Å². The molecule has 0 amide bonds. The molecule has 0 unspecified atom stereocenters. The zero-order valence-electron chi connectivity index (χ0n) is 7.28. The summed E-state index contributed by atoms with van der Waals surface area (Å²) in [5, 5.41) is 0.199. The first kappa shape index (κ1) is 10.9. The van der Waals surface area contributed by atoms with E-state index in [2.05, 4.69) is 20.9 Å². The molecule has 80 valence electrons. The van der Waals surface area contributed by atoms with Crippen molar-refractivity contribution in [3.63, 3.8) is 0 Å². The fourth-order valence-electron chi connectivity index (χ4n) is 1.14. The fraction of sp³-hybridized carbons (Fsp3) is 0.125. The van der Waals surface area contributed by atoms with Gasteiger partial charge in [0.2, 0.25) is 0 Å². The minimum absolute atomic E-state index is 0.402. The third-order valence-electron chi connectivity index (χ3n) is 1.80. The quantitative estimate of drug-likeness (QED) is 0.632. The summed E-state index contributed by atoms with van der Waals surface area (Å²) >= 11 is 3.29. The Morgan fingerprint density at radius 2 is 2.20 bits per heavy atom. The molecule has 1 heterocycles. The van der Waals surface area contributed by atoms with Crippen LogP contribution in [-0.2, 0) is 14.4 Å². The number of hydrogen-bond donors (Lipinski definition) is 0. The van der Waals surface area contributed by atoms with E-state index < -0.39 is 14.3 Å². The number of oxazole rings is 1. The first-order chi connectivity index (χ1) is 7.00. The summed E-state index contributed by atoms with van der Waals surface area (Å²) in [7, 11) is 1.21. The van der Waals surface area contributed by atoms with Crippen molar-refractivity contribution in [2.75, 3.05) is 0 Å². The van der Waals surface area contributed by atoms with Crippen molar-refractivity contribution in [2.24, 2.45) is 0 Å². The Morgan fingerprint density at radius 1 is 1.47 bits per heavy atom. The van der Waals surface area contributed by atoms with E-state index >= 15 is 0 Å². The Kier molecular flexibility index (Phi) is 2.74. The second kappa shape index (κ2) is 3.77. The summed E-state index contributed by atoms with van der Waals surface area (Å²) < 4.78 is 26.9. The zero-order valence-corrected chi connectivity index (χ0v) is 10.4. The van der Waals surface area contributed by atoms with Crippen LogP contribution in [0.4, 0.5) is 0 Å². The maximum Gasteiger partial charge on any atom is 0.332 e. The minimum Gasteiger partial charge on any atom is -0.427 e. The van der Waals surface area contributed by atoms with Gasteiger partial charge < -0.3 is 4.42 Å². The van der Waals surface area contributed by atoms with Gasteiger partial charge in [-0.3, -0.25) is 0 Å². The summed E-state index contributed by atoms with van der Waals surface area (Å²) in [6, 6.07) is 5.20. The van der Waals surface area contributed by atoms with E-state index in [4.69, 9.17) is 15.1 Å². The van der Waals surface area contributed by atoms with E-state index in [1.807, 2.05) is 6.07 Å². The van der Waals surface area contributed by atoms with E-state index in [0.717, 1.165) is 5.56 Å². The molecule has 2 aromatic rings. The molecular weight excluding hydrogens is 306 g/mol. The SMILES string of the molecule is O=S(=O)(Cl)c1nc2cc(CBr)ccc2o1. The van der Waals surface area contributed by atoms with Gasteiger partial charge in [0.15, 0.2) is 5.58 Å². The number of benzene rings is 1. The first-order valence-electron chi connectivity index (χ1n) is 3.91. The average Bonchev–Trinajstić information content (AvgIpc) is 2.59. The predicted octanol–water partition coefficient (Wildman–Crippen LogP) is 2.65. The van der Waals surface area contributed by atoms with Crippen molar-refractivity contribution in [3.8, 4) is 0 Å². The van der Waals surface area contributed by atoms with Gasteiger partial charge in [-0.2, -0.15) is 4.98 Å². The number of alkyl halides is 1. The Hall–Kier alpha value is -0.590. The summed E-state index contributed by atoms with van der Waals surface area (Å²) in [6.45, 7) is 0. The van der Waals surface area contributed by atoms with Gasteiger partial charge in [-0.25, -0.2) is 8.42 Å². The molecule has 0 saturated heterocycles. The summed E-state index contributed by atoms with van der Waals surface area (Å²) in [5.41, 5.74) is 1.86. The fourth-order valence-corrected chi connectivity index (χ4v) is 2.08. The molecule has 0 saturated carbocycles. The number of hydrogen-bond acceptors (Lipinski definition) is 4. The highest BCUT2D eigenvalue weighted by Crippen LogP contribution is 2.22. The molecule has 0 radical (unpaired) electrons. The topological polar surface area (TPSA) is 60.2 Å². The van der Waals surface area contributed by atoms with Crippen molar-refractivity contribution in [1.82, 2.24) is 4.98 Å². The van der Waals surface area contributed by atoms with Crippen molar-refractivity contribution < 1.29 is 12.8 Å². The lowest BCUT2D eigenvalue weighted by molar-refractivity contribution is 0.464. The monoisotopic (exact) mass is 309 g/mol. The highest BCUT2D eigenvalue weighted by molar-refractivity contribution is 9.08. The number of nitrogens with zero attached hydrogens (tertiary/aromatic N) is 1. The Bertz CT molecular complexity index is 607. The van der Waals surface area contributed by atoms with E-state index in [-0.39, 0.29) is 0 Å². The molecular formula is C8H5BrClNO3S. The second-order valence-electron chi connectivity index (χ2n) is 2.85. The van der Waals surface area contributed by atoms with Crippen LogP contribution in [-0.4, -0.2) is 13.4 Å². The van der Waals surface area contributed by atoms with Crippen LogP contribution in [0.3, 0.4) is 0 Å². The maximum atomic E-state index is 11.0. The molecule has 1 aromatic heterocycles. The maximum absolute atomic E-state index is 11.0. The van der Waals surface area contributed by atoms with Gasteiger partial charge >= 0.3 is 14.3 Å². The van der Waals surface area contributed by atoms with Gasteiger partial charge in [0.1, 0.15) is 5.52 Å². The van der Waals surface area contributed by atoms with Crippen LogP contribution in [0, 0.1) is 0 Å². The third kappa shape index (κ3) is 2.16. The van der Waals surface area contributed by atoms with E-state index in [1.165, 1.54) is 0 Å². The molecule has 0 spiro atoms. The summed E-state index contributed by atoms with van der Waals surface area (Å²) in [6.07, 6.45) is 0. The van der Waals surface area contributed by atoms with Crippen LogP contribution >= 0.6 is 26.6 Å². The lowest BCUT2D eigenvalue weighted by atomic mass is 10.2. The smallest absolute Gasteiger partial charge is 0.332 e. The van der Waals surface area contributed by atoms with Crippen LogP contribution in [0.25, 0.3) is 11.1 Å². The molecule has 0 aliphatic heterocycles. The third-order valence-corrected chi connectivity index (χ3v) is 3.43. The normalized spacial score (nSPS) is 12.1. The molecule has 0 N–H and O–H groups in total. The molecule has 4 nitrogen and oxygen atoms in total. The highest BCUT2D eigenvalue weighted by Gasteiger charge is 2.18. The average molecular weight is 311 g/mol. The van der Waals surface area contributed by atoms with Gasteiger partial charge in [0.25, 0.3) is 0 Å². The predicted molar refractivity (Wildman–Crippen MR) is 59.7 cm³/mol. The number of fused-ring (bicyclic) bond motifs is 1.